The van der Waals surface area contributed by atoms with Crippen LogP contribution in [-0.4, -0.2) is 40.1 Å². The summed E-state index contributed by atoms with van der Waals surface area (Å²) in [7, 11) is 1.85. The van der Waals surface area contributed by atoms with Gasteiger partial charge in [-0.2, -0.15) is 0 Å². The number of hydrogen-bond donors (Lipinski definition) is 0. The van der Waals surface area contributed by atoms with E-state index < -0.39 is 5.54 Å². The average Bonchev–Trinajstić information content (AvgIpc) is 2.32. The van der Waals surface area contributed by atoms with E-state index in [0.717, 1.165) is 0 Å². The fraction of sp³-hybridized carbons (Fsp3) is 0.889. The lowest BCUT2D eigenvalue weighted by atomic mass is 10.3. The molecule has 0 bridgehead atoms. The summed E-state index contributed by atoms with van der Waals surface area (Å²) in [4.78, 5) is 11.6. The van der Waals surface area contributed by atoms with Crippen LogP contribution in [-0.2, 0) is 16.6 Å². The number of hydrogen-bond acceptors (Lipinski definition) is 3. The summed E-state index contributed by atoms with van der Waals surface area (Å²) in [5.74, 6) is 0.721. The van der Waals surface area contributed by atoms with E-state index in [1.54, 1.807) is 16.1 Å². The lowest BCUT2D eigenvalue weighted by Crippen LogP contribution is -2.37. The van der Waals surface area contributed by atoms with E-state index in [1.807, 2.05) is 7.05 Å². The first kappa shape index (κ1) is 13.5. The van der Waals surface area contributed by atoms with E-state index in [-0.39, 0.29) is 5.91 Å². The SMILES string of the molecule is CC(C)N(C(C)C)P1(=S)SCC(=O)N1C. The molecule has 1 rings (SSSR count). The summed E-state index contributed by atoms with van der Waals surface area (Å²) in [6.07, 6.45) is 0. The Kier molecular flexibility index (Phi) is 4.27. The van der Waals surface area contributed by atoms with Gasteiger partial charge >= 0.3 is 0 Å². The Bertz CT molecular complexity index is 298. The van der Waals surface area contributed by atoms with Gasteiger partial charge in [0, 0.05) is 19.1 Å². The molecule has 1 unspecified atom stereocenters. The number of carbonyl (C=O) groups is 1. The van der Waals surface area contributed by atoms with Crippen molar-refractivity contribution in [1.29, 1.82) is 0 Å². The summed E-state index contributed by atoms with van der Waals surface area (Å²) >= 11 is 7.40. The van der Waals surface area contributed by atoms with Crippen LogP contribution in [0.25, 0.3) is 0 Å². The molecular formula is C9H19N2OPS2. The Hall–Kier alpha value is 0.430. The van der Waals surface area contributed by atoms with Crippen molar-refractivity contribution in [1.82, 2.24) is 9.34 Å². The van der Waals surface area contributed by atoms with Crippen molar-refractivity contribution in [2.75, 3.05) is 12.8 Å². The molecule has 6 heteroatoms. The smallest absolute Gasteiger partial charge is 0.238 e. The minimum atomic E-state index is -1.87. The quantitative estimate of drug-likeness (QED) is 0.732. The maximum Gasteiger partial charge on any atom is 0.238 e. The van der Waals surface area contributed by atoms with E-state index >= 15 is 0 Å². The zero-order chi connectivity index (χ0) is 11.8. The van der Waals surface area contributed by atoms with Gasteiger partial charge in [-0.15, -0.1) is 0 Å². The largest absolute Gasteiger partial charge is 0.297 e. The predicted octanol–water partition coefficient (Wildman–Crippen LogP) is 2.53. The van der Waals surface area contributed by atoms with Gasteiger partial charge in [-0.3, -0.25) is 9.46 Å². The molecule has 0 aromatic rings. The Morgan fingerprint density at radius 1 is 1.40 bits per heavy atom. The normalized spacial score (nSPS) is 27.5. The lowest BCUT2D eigenvalue weighted by Gasteiger charge is -2.40. The highest BCUT2D eigenvalue weighted by Gasteiger charge is 2.42. The van der Waals surface area contributed by atoms with Crippen LogP contribution in [0.4, 0.5) is 0 Å². The molecular weight excluding hydrogens is 247 g/mol. The van der Waals surface area contributed by atoms with Crippen molar-refractivity contribution >= 4 is 34.6 Å². The summed E-state index contributed by atoms with van der Waals surface area (Å²) in [5.41, 5.74) is -1.87. The van der Waals surface area contributed by atoms with Crippen LogP contribution in [0.1, 0.15) is 27.7 Å². The van der Waals surface area contributed by atoms with Gasteiger partial charge in [0.05, 0.1) is 5.75 Å². The molecule has 0 N–H and O–H groups in total. The van der Waals surface area contributed by atoms with Crippen LogP contribution in [0.3, 0.4) is 0 Å². The maximum atomic E-state index is 11.6. The van der Waals surface area contributed by atoms with Crippen molar-refractivity contribution in [3.05, 3.63) is 0 Å². The molecule has 1 fully saturated rings. The third kappa shape index (κ3) is 2.41. The standard InChI is InChI=1S/C9H19N2OPS2/c1-7(2)11(8(3)4)13(14)10(5)9(12)6-15-13/h7-8H,6H2,1-5H3. The second-order valence-corrected chi connectivity index (χ2v) is 11.4. The molecule has 0 radical (unpaired) electrons. The molecule has 0 aromatic heterocycles. The first-order valence-corrected chi connectivity index (χ1v) is 9.41. The summed E-state index contributed by atoms with van der Waals surface area (Å²) in [6, 6.07) is 0.772. The zero-order valence-electron chi connectivity index (χ0n) is 9.93. The van der Waals surface area contributed by atoms with Gasteiger partial charge in [-0.25, -0.2) is 4.67 Å². The second-order valence-electron chi connectivity index (χ2n) is 4.25. The molecule has 1 aliphatic heterocycles. The highest BCUT2D eigenvalue weighted by atomic mass is 32.9. The number of amides is 1. The zero-order valence-corrected chi connectivity index (χ0v) is 12.5. The van der Waals surface area contributed by atoms with Gasteiger partial charge in [0.15, 0.2) is 5.54 Å². The number of carbonyl (C=O) groups excluding carboxylic acids is 1. The first-order chi connectivity index (χ1) is 6.80. The Balaban J connectivity index is 3.03. The van der Waals surface area contributed by atoms with Crippen molar-refractivity contribution in [2.45, 2.75) is 39.8 Å². The van der Waals surface area contributed by atoms with Crippen molar-refractivity contribution < 1.29 is 4.79 Å². The number of nitrogens with zero attached hydrogens (tertiary/aromatic N) is 2. The minimum absolute atomic E-state index is 0.176. The third-order valence-corrected chi connectivity index (χ3v) is 10.6. The molecule has 1 aliphatic rings. The molecule has 0 aliphatic carbocycles. The van der Waals surface area contributed by atoms with E-state index in [4.69, 9.17) is 11.8 Å². The highest BCUT2D eigenvalue weighted by molar-refractivity contribution is 8.70. The number of rotatable bonds is 3. The summed E-state index contributed by atoms with van der Waals surface area (Å²) < 4.78 is 4.12. The minimum Gasteiger partial charge on any atom is -0.297 e. The van der Waals surface area contributed by atoms with E-state index in [1.165, 1.54) is 0 Å². The lowest BCUT2D eigenvalue weighted by molar-refractivity contribution is -0.122. The molecule has 0 aromatic carbocycles. The van der Waals surface area contributed by atoms with Crippen molar-refractivity contribution in [2.24, 2.45) is 0 Å². The van der Waals surface area contributed by atoms with Crippen molar-refractivity contribution in [3.63, 3.8) is 0 Å². The predicted molar refractivity (Wildman–Crippen MR) is 71.6 cm³/mol. The molecule has 3 nitrogen and oxygen atoms in total. The van der Waals surface area contributed by atoms with E-state index in [2.05, 4.69) is 32.4 Å². The van der Waals surface area contributed by atoms with Gasteiger partial charge < -0.3 is 0 Å². The van der Waals surface area contributed by atoms with E-state index in [0.29, 0.717) is 17.8 Å². The fourth-order valence-electron chi connectivity index (χ4n) is 1.86. The summed E-state index contributed by atoms with van der Waals surface area (Å²) in [6.45, 7) is 8.58. The molecule has 1 saturated heterocycles. The molecule has 1 atom stereocenters. The van der Waals surface area contributed by atoms with E-state index in [9.17, 15) is 4.79 Å². The molecule has 0 saturated carbocycles. The van der Waals surface area contributed by atoms with Crippen molar-refractivity contribution in [3.8, 4) is 0 Å². The highest BCUT2D eigenvalue weighted by Crippen LogP contribution is 2.68. The van der Waals surface area contributed by atoms with Gasteiger partial charge in [0.1, 0.15) is 0 Å². The Labute approximate surface area is 101 Å². The average molecular weight is 266 g/mol. The van der Waals surface area contributed by atoms with Crippen LogP contribution in [0.5, 0.6) is 0 Å². The topological polar surface area (TPSA) is 23.6 Å². The fourth-order valence-corrected chi connectivity index (χ4v) is 9.61. The molecule has 1 heterocycles. The van der Waals surface area contributed by atoms with Crippen LogP contribution in [0, 0.1) is 0 Å². The van der Waals surface area contributed by atoms with Gasteiger partial charge in [0.2, 0.25) is 5.91 Å². The first-order valence-electron chi connectivity index (χ1n) is 5.11. The molecule has 88 valence electrons. The third-order valence-electron chi connectivity index (χ3n) is 2.45. The summed E-state index contributed by atoms with van der Waals surface area (Å²) in [5, 5.41) is 0. The van der Waals surface area contributed by atoms with Crippen LogP contribution in [0.15, 0.2) is 0 Å². The molecule has 1 amide bonds. The van der Waals surface area contributed by atoms with Crippen LogP contribution >= 0.6 is 16.9 Å². The van der Waals surface area contributed by atoms with Crippen LogP contribution < -0.4 is 0 Å². The second kappa shape index (κ2) is 4.74. The maximum absolute atomic E-state index is 11.6. The van der Waals surface area contributed by atoms with Gasteiger partial charge in [0.25, 0.3) is 0 Å². The molecule has 0 spiro atoms. The monoisotopic (exact) mass is 266 g/mol. The molecule has 15 heavy (non-hydrogen) atoms. The van der Waals surface area contributed by atoms with Gasteiger partial charge in [-0.1, -0.05) is 11.4 Å². The van der Waals surface area contributed by atoms with Crippen LogP contribution in [0.2, 0.25) is 0 Å². The Morgan fingerprint density at radius 3 is 2.13 bits per heavy atom. The Morgan fingerprint density at radius 2 is 1.87 bits per heavy atom. The van der Waals surface area contributed by atoms with Gasteiger partial charge in [-0.05, 0) is 39.5 Å².